The third-order valence-electron chi connectivity index (χ3n) is 5.14. The third-order valence-corrected chi connectivity index (χ3v) is 8.61. The van der Waals surface area contributed by atoms with E-state index in [4.69, 9.17) is 10.5 Å². The maximum Gasteiger partial charge on any atom is 1.00 e. The Hall–Kier alpha value is 0.800. The molecule has 2 aromatic heterocycles. The average molecular weight is 647 g/mol. The van der Waals surface area contributed by atoms with Crippen LogP contribution in [0.15, 0.2) is 42.9 Å². The molecular formula is C17H17N4Na3O13P3+. The minimum Gasteiger partial charge on any atom is -0.756 e. The maximum atomic E-state index is 11.8. The van der Waals surface area contributed by atoms with Crippen LogP contribution in [-0.4, -0.2) is 49.7 Å². The Morgan fingerprint density at radius 3 is 2.35 bits per heavy atom. The van der Waals surface area contributed by atoms with E-state index in [1.807, 2.05) is 18.2 Å². The summed E-state index contributed by atoms with van der Waals surface area (Å²) >= 11 is 0. The van der Waals surface area contributed by atoms with Crippen LogP contribution >= 0.6 is 23.9 Å². The first-order chi connectivity index (χ1) is 17.4. The summed E-state index contributed by atoms with van der Waals surface area (Å²) in [4.78, 5) is 30.4. The van der Waals surface area contributed by atoms with Crippen molar-refractivity contribution in [3.63, 3.8) is 0 Å². The summed E-state index contributed by atoms with van der Waals surface area (Å²) in [5, 5.41) is 31.4. The van der Waals surface area contributed by atoms with Gasteiger partial charge in [0.2, 0.25) is 0 Å². The molecule has 3 unspecified atom stereocenters. The number of hydrogen-bond donors (Lipinski definition) is 3. The summed E-state index contributed by atoms with van der Waals surface area (Å²) in [5.74, 6) is 0.152. The van der Waals surface area contributed by atoms with E-state index in [2.05, 4.69) is 27.8 Å². The normalized spacial score (nSPS) is 23.7. The van der Waals surface area contributed by atoms with E-state index in [-0.39, 0.29) is 100 Å². The smallest absolute Gasteiger partial charge is 0.756 e. The van der Waals surface area contributed by atoms with Gasteiger partial charge in [-0.05, 0) is 9.87 Å². The molecule has 200 valence electrons. The summed E-state index contributed by atoms with van der Waals surface area (Å²) in [6.45, 7) is -0.779. The SMILES string of the molecule is Nc1ncnc2c1c(-c1ccccc1)cn2[C@@H]1O[C@H](CO[P+](=O)OP(=O)([O-])OP(=O)([O-])O[O-])[C@@H](O)[C@H]1O.[Na+].[Na+].[Na+]. The molecule has 0 saturated carbocycles. The number of ether oxygens (including phenoxy) is 1. The van der Waals surface area contributed by atoms with Crippen LogP contribution < -0.4 is 109 Å². The average Bonchev–Trinajstić information content (AvgIpc) is 3.36. The van der Waals surface area contributed by atoms with Gasteiger partial charge in [-0.1, -0.05) is 30.3 Å². The van der Waals surface area contributed by atoms with E-state index >= 15 is 0 Å². The molecule has 4 rings (SSSR count). The second-order valence-corrected chi connectivity index (χ2v) is 11.4. The number of anilines is 1. The number of nitrogens with zero attached hydrogens (tertiary/aromatic N) is 3. The minimum atomic E-state index is -5.84. The number of phosphoric acid groups is 2. The molecule has 1 saturated heterocycles. The second-order valence-electron chi connectivity index (χ2n) is 7.47. The Labute approximate surface area is 293 Å². The van der Waals surface area contributed by atoms with Crippen molar-refractivity contribution >= 4 is 40.8 Å². The van der Waals surface area contributed by atoms with Gasteiger partial charge < -0.3 is 45.0 Å². The summed E-state index contributed by atoms with van der Waals surface area (Å²) in [6, 6.07) is 9.04. The fraction of sp³-hybridized carbons (Fsp3) is 0.294. The number of nitrogen functional groups attached to an aromatic ring is 1. The number of aliphatic hydroxyl groups is 2. The van der Waals surface area contributed by atoms with Gasteiger partial charge in [-0.25, -0.2) is 14.3 Å². The molecule has 0 aliphatic carbocycles. The Morgan fingerprint density at radius 1 is 1.07 bits per heavy atom. The van der Waals surface area contributed by atoms with Crippen LogP contribution in [0.1, 0.15) is 6.23 Å². The van der Waals surface area contributed by atoms with Crippen molar-refractivity contribution in [2.45, 2.75) is 24.5 Å². The Morgan fingerprint density at radius 2 is 1.73 bits per heavy atom. The van der Waals surface area contributed by atoms with Gasteiger partial charge in [0.25, 0.3) is 7.82 Å². The number of benzene rings is 1. The number of aliphatic hydroxyl groups excluding tert-OH is 2. The summed E-state index contributed by atoms with van der Waals surface area (Å²) < 4.78 is 55.6. The van der Waals surface area contributed by atoms with Crippen LogP contribution in [0.3, 0.4) is 0 Å². The van der Waals surface area contributed by atoms with Gasteiger partial charge in [-0.15, -0.1) is 4.52 Å². The van der Waals surface area contributed by atoms with E-state index in [0.717, 1.165) is 5.56 Å². The fourth-order valence-electron chi connectivity index (χ4n) is 3.63. The number of nitrogens with two attached hydrogens (primary N) is 1. The molecule has 0 spiro atoms. The number of aromatic nitrogens is 3. The fourth-order valence-corrected chi connectivity index (χ4v) is 6.21. The van der Waals surface area contributed by atoms with Gasteiger partial charge in [0.15, 0.2) is 6.23 Å². The molecule has 4 N–H and O–H groups in total. The van der Waals surface area contributed by atoms with Crippen LogP contribution in [0.25, 0.3) is 22.2 Å². The van der Waals surface area contributed by atoms with Crippen molar-refractivity contribution in [2.75, 3.05) is 12.3 Å². The topological polar surface area (TPSA) is 264 Å². The van der Waals surface area contributed by atoms with E-state index in [0.29, 0.717) is 10.9 Å². The van der Waals surface area contributed by atoms with E-state index in [1.165, 1.54) is 10.9 Å². The summed E-state index contributed by atoms with van der Waals surface area (Å²) in [5.41, 5.74) is 7.70. The minimum absolute atomic E-state index is 0. The van der Waals surface area contributed by atoms with Crippen molar-refractivity contribution in [1.29, 1.82) is 0 Å². The van der Waals surface area contributed by atoms with Crippen LogP contribution in [0.4, 0.5) is 5.82 Å². The second kappa shape index (κ2) is 16.2. The molecule has 1 fully saturated rings. The zero-order valence-electron chi connectivity index (χ0n) is 21.2. The molecule has 3 aromatic rings. The molecule has 1 aromatic carbocycles. The van der Waals surface area contributed by atoms with Crippen molar-refractivity contribution in [1.82, 2.24) is 14.5 Å². The first-order valence-corrected chi connectivity index (χ1v) is 14.1. The monoisotopic (exact) mass is 647 g/mol. The molecule has 1 aliphatic heterocycles. The molecule has 1 aliphatic rings. The van der Waals surface area contributed by atoms with Crippen molar-refractivity contribution in [2.24, 2.45) is 0 Å². The Bertz CT molecular complexity index is 1400. The zero-order valence-corrected chi connectivity index (χ0v) is 29.9. The van der Waals surface area contributed by atoms with Gasteiger partial charge in [-0.2, -0.15) is 0 Å². The van der Waals surface area contributed by atoms with Crippen molar-refractivity contribution in [3.05, 3.63) is 42.9 Å². The molecule has 23 heteroatoms. The number of fused-ring (bicyclic) bond motifs is 1. The first-order valence-electron chi connectivity index (χ1n) is 10.1. The van der Waals surface area contributed by atoms with Crippen molar-refractivity contribution in [3.8, 4) is 11.1 Å². The van der Waals surface area contributed by atoms with Gasteiger partial charge in [0, 0.05) is 16.3 Å². The van der Waals surface area contributed by atoms with E-state index < -0.39 is 55.0 Å². The largest absolute Gasteiger partial charge is 1.00 e. The molecule has 0 amide bonds. The maximum absolute atomic E-state index is 11.8. The van der Waals surface area contributed by atoms with Gasteiger partial charge in [0.1, 0.15) is 42.7 Å². The van der Waals surface area contributed by atoms with Crippen LogP contribution in [0, 0.1) is 0 Å². The van der Waals surface area contributed by atoms with Crippen LogP contribution in [0.5, 0.6) is 0 Å². The Kier molecular flexibility index (Phi) is 15.7. The number of hydrogen-bond acceptors (Lipinski definition) is 16. The zero-order chi connectivity index (χ0) is 27.0. The number of rotatable bonds is 10. The molecular weight excluding hydrogens is 630 g/mol. The first kappa shape index (κ1) is 38.8. The van der Waals surface area contributed by atoms with E-state index in [1.54, 1.807) is 18.3 Å². The standard InChI is InChI=1S/C17H19N4O13P3.3Na/c18-15-12-10(9-4-2-1-3-5-9)6-21(16(12)20-8-19-15)17-14(23)13(22)11(31-17)7-30-35(25)33-37(28,29)34-36(26,27)32-24;;;/h1-6,8,11,13-14,17,22-23H,7H2,(H4-,18,19,20,24,26,27,28,29);;;/q;3*+1/p-2/t11-,13-,14-,17-;;;/m1.../s1. The van der Waals surface area contributed by atoms with Gasteiger partial charge in [-0.3, -0.25) is 9.13 Å². The van der Waals surface area contributed by atoms with Gasteiger partial charge >= 0.3 is 105 Å². The molecule has 17 nitrogen and oxygen atoms in total. The predicted octanol–water partition coefficient (Wildman–Crippen LogP) is -9.75. The quantitative estimate of drug-likeness (QED) is 0.0798. The van der Waals surface area contributed by atoms with Crippen LogP contribution in [0.2, 0.25) is 0 Å². The molecule has 40 heavy (non-hydrogen) atoms. The van der Waals surface area contributed by atoms with Crippen LogP contribution in [-0.2, 0) is 36.3 Å². The van der Waals surface area contributed by atoms with E-state index in [9.17, 15) is 39.0 Å². The van der Waals surface area contributed by atoms with Crippen molar-refractivity contribution < 1.29 is 150 Å². The third kappa shape index (κ3) is 9.16. The van der Waals surface area contributed by atoms with Gasteiger partial charge in [0.05, 0.1) is 5.39 Å². The molecule has 0 bridgehead atoms. The Balaban J connectivity index is 0.00000267. The molecule has 0 radical (unpaired) electrons. The summed E-state index contributed by atoms with van der Waals surface area (Å²) in [6.07, 6.45) is -2.99. The molecule has 3 heterocycles. The molecule has 7 atom stereocenters. The summed E-state index contributed by atoms with van der Waals surface area (Å²) in [7, 11) is -15.2. The predicted molar refractivity (Wildman–Crippen MR) is 115 cm³/mol.